The lowest BCUT2D eigenvalue weighted by Crippen LogP contribution is -2.04. The molecule has 0 amide bonds. The molecule has 0 bridgehead atoms. The minimum absolute atomic E-state index is 0.724. The predicted molar refractivity (Wildman–Crippen MR) is 90.4 cm³/mol. The average Bonchev–Trinajstić information content (AvgIpc) is 2.50. The molecule has 2 aromatic carbocycles. The molecule has 0 aromatic heterocycles. The molecule has 0 fully saturated rings. The van der Waals surface area contributed by atoms with Gasteiger partial charge in [0, 0.05) is 22.8 Å². The summed E-state index contributed by atoms with van der Waals surface area (Å²) in [6.07, 6.45) is 2.22. The van der Waals surface area contributed by atoms with E-state index < -0.39 is 0 Å². The molecular weight excluding hydrogens is 282 g/mol. The first-order valence-corrected chi connectivity index (χ1v) is 7.79. The van der Waals surface area contributed by atoms with Crippen molar-refractivity contribution in [2.24, 2.45) is 0 Å². The number of hydrogen-bond acceptors (Lipinski definition) is 2. The first kappa shape index (κ1) is 15.7. The molecule has 0 radical (unpaired) electrons. The molecule has 3 heteroatoms. The van der Waals surface area contributed by atoms with Gasteiger partial charge in [0.2, 0.25) is 0 Å². The molecule has 2 aromatic rings. The van der Waals surface area contributed by atoms with E-state index in [1.807, 2.05) is 43.3 Å². The third-order valence-corrected chi connectivity index (χ3v) is 3.79. The monoisotopic (exact) mass is 303 g/mol. The van der Waals surface area contributed by atoms with Crippen LogP contribution in [0.2, 0.25) is 5.02 Å². The van der Waals surface area contributed by atoms with E-state index in [0.717, 1.165) is 53.6 Å². The Bertz CT molecular complexity index is 583. The minimum Gasteiger partial charge on any atom is -0.493 e. The van der Waals surface area contributed by atoms with Crippen LogP contribution in [-0.4, -0.2) is 6.61 Å². The van der Waals surface area contributed by atoms with Crippen molar-refractivity contribution in [3.63, 3.8) is 0 Å². The van der Waals surface area contributed by atoms with Crippen LogP contribution in [0.15, 0.2) is 42.5 Å². The molecule has 0 saturated heterocycles. The van der Waals surface area contributed by atoms with Crippen molar-refractivity contribution in [1.29, 1.82) is 0 Å². The van der Waals surface area contributed by atoms with Crippen LogP contribution in [0.4, 0.5) is 5.69 Å². The third-order valence-electron chi connectivity index (χ3n) is 3.38. The van der Waals surface area contributed by atoms with Gasteiger partial charge in [-0.1, -0.05) is 49.2 Å². The van der Waals surface area contributed by atoms with E-state index in [2.05, 4.69) is 18.3 Å². The van der Waals surface area contributed by atoms with Crippen molar-refractivity contribution in [3.8, 4) is 5.75 Å². The molecule has 0 atom stereocenters. The van der Waals surface area contributed by atoms with E-state index in [4.69, 9.17) is 16.3 Å². The largest absolute Gasteiger partial charge is 0.493 e. The lowest BCUT2D eigenvalue weighted by Gasteiger charge is -2.13. The lowest BCUT2D eigenvalue weighted by molar-refractivity contribution is 0.306. The molecule has 0 aliphatic rings. The second kappa shape index (κ2) is 7.94. The van der Waals surface area contributed by atoms with Gasteiger partial charge >= 0.3 is 0 Å². The molecule has 0 heterocycles. The van der Waals surface area contributed by atoms with Crippen molar-refractivity contribution in [2.75, 3.05) is 11.9 Å². The van der Waals surface area contributed by atoms with Gasteiger partial charge in [0.1, 0.15) is 5.75 Å². The summed E-state index contributed by atoms with van der Waals surface area (Å²) in [4.78, 5) is 0. The third kappa shape index (κ3) is 4.68. The summed E-state index contributed by atoms with van der Waals surface area (Å²) in [5, 5.41) is 4.18. The van der Waals surface area contributed by atoms with Crippen LogP contribution in [0.25, 0.3) is 0 Å². The highest BCUT2D eigenvalue weighted by Crippen LogP contribution is 2.23. The Morgan fingerprint density at radius 2 is 1.95 bits per heavy atom. The second-order valence-corrected chi connectivity index (χ2v) is 5.53. The summed E-state index contributed by atoms with van der Waals surface area (Å²) in [5.74, 6) is 0.955. The molecular formula is C18H22ClNO. The van der Waals surface area contributed by atoms with Gasteiger partial charge in [0.05, 0.1) is 6.61 Å². The summed E-state index contributed by atoms with van der Waals surface area (Å²) in [6, 6.07) is 14.2. The highest BCUT2D eigenvalue weighted by atomic mass is 35.5. The van der Waals surface area contributed by atoms with Crippen molar-refractivity contribution >= 4 is 17.3 Å². The van der Waals surface area contributed by atoms with Gasteiger partial charge in [0.15, 0.2) is 0 Å². The Morgan fingerprint density at radius 1 is 1.14 bits per heavy atom. The van der Waals surface area contributed by atoms with Crippen molar-refractivity contribution in [1.82, 2.24) is 0 Å². The summed E-state index contributed by atoms with van der Waals surface area (Å²) in [6.45, 7) is 5.66. The van der Waals surface area contributed by atoms with Crippen LogP contribution in [0.5, 0.6) is 5.75 Å². The molecule has 112 valence electrons. The van der Waals surface area contributed by atoms with Crippen LogP contribution in [-0.2, 0) is 6.54 Å². The fraction of sp³-hybridized carbons (Fsp3) is 0.333. The standard InChI is InChI=1S/C18H22ClNO/c1-3-4-11-21-18-8-6-5-7-15(18)13-20-16-10-9-14(2)17(19)12-16/h5-10,12,20H,3-4,11,13H2,1-2H3. The normalized spacial score (nSPS) is 10.4. The summed E-state index contributed by atoms with van der Waals surface area (Å²) in [7, 11) is 0. The van der Waals surface area contributed by atoms with E-state index in [9.17, 15) is 0 Å². The van der Waals surface area contributed by atoms with Gasteiger partial charge in [-0.15, -0.1) is 0 Å². The zero-order valence-electron chi connectivity index (χ0n) is 12.7. The van der Waals surface area contributed by atoms with Gasteiger partial charge in [-0.05, 0) is 37.1 Å². The number of benzene rings is 2. The fourth-order valence-corrected chi connectivity index (χ4v) is 2.20. The molecule has 0 aliphatic carbocycles. The van der Waals surface area contributed by atoms with Gasteiger partial charge in [-0.3, -0.25) is 0 Å². The number of unbranched alkanes of at least 4 members (excludes halogenated alkanes) is 1. The summed E-state index contributed by atoms with van der Waals surface area (Å²) >= 11 is 6.15. The van der Waals surface area contributed by atoms with Crippen LogP contribution in [0, 0.1) is 6.92 Å². The molecule has 0 aliphatic heterocycles. The van der Waals surface area contributed by atoms with E-state index in [1.54, 1.807) is 0 Å². The molecule has 2 nitrogen and oxygen atoms in total. The van der Waals surface area contributed by atoms with E-state index in [1.165, 1.54) is 0 Å². The lowest BCUT2D eigenvalue weighted by atomic mass is 10.2. The topological polar surface area (TPSA) is 21.3 Å². The Labute approximate surface area is 132 Å². The number of anilines is 1. The minimum atomic E-state index is 0.724. The van der Waals surface area contributed by atoms with Crippen molar-refractivity contribution in [2.45, 2.75) is 33.2 Å². The molecule has 0 unspecified atom stereocenters. The highest BCUT2D eigenvalue weighted by molar-refractivity contribution is 6.31. The van der Waals surface area contributed by atoms with Crippen molar-refractivity contribution < 1.29 is 4.74 Å². The highest BCUT2D eigenvalue weighted by Gasteiger charge is 2.03. The maximum Gasteiger partial charge on any atom is 0.124 e. The van der Waals surface area contributed by atoms with Gasteiger partial charge in [0.25, 0.3) is 0 Å². The van der Waals surface area contributed by atoms with Gasteiger partial charge in [-0.2, -0.15) is 0 Å². The van der Waals surface area contributed by atoms with Crippen LogP contribution in [0.1, 0.15) is 30.9 Å². The van der Waals surface area contributed by atoms with Crippen LogP contribution >= 0.6 is 11.6 Å². The molecule has 21 heavy (non-hydrogen) atoms. The number of aryl methyl sites for hydroxylation is 1. The number of nitrogens with one attached hydrogen (secondary N) is 1. The summed E-state index contributed by atoms with van der Waals surface area (Å²) < 4.78 is 5.84. The van der Waals surface area contributed by atoms with Crippen molar-refractivity contribution in [3.05, 3.63) is 58.6 Å². The average molecular weight is 304 g/mol. The van der Waals surface area contributed by atoms with Crippen LogP contribution in [0.3, 0.4) is 0 Å². The number of rotatable bonds is 7. The van der Waals surface area contributed by atoms with E-state index in [-0.39, 0.29) is 0 Å². The number of ether oxygens (including phenoxy) is 1. The Balaban J connectivity index is 2.00. The van der Waals surface area contributed by atoms with E-state index in [0.29, 0.717) is 0 Å². The Hall–Kier alpha value is -1.67. The van der Waals surface area contributed by atoms with Gasteiger partial charge in [-0.25, -0.2) is 0 Å². The number of halogens is 1. The molecule has 0 saturated carbocycles. The Morgan fingerprint density at radius 3 is 2.71 bits per heavy atom. The smallest absolute Gasteiger partial charge is 0.124 e. The maximum atomic E-state index is 6.15. The quantitative estimate of drug-likeness (QED) is 0.688. The maximum absolute atomic E-state index is 6.15. The molecule has 1 N–H and O–H groups in total. The van der Waals surface area contributed by atoms with Crippen LogP contribution < -0.4 is 10.1 Å². The number of para-hydroxylation sites is 1. The van der Waals surface area contributed by atoms with Gasteiger partial charge < -0.3 is 10.1 Å². The summed E-state index contributed by atoms with van der Waals surface area (Å²) in [5.41, 5.74) is 3.27. The Kier molecular flexibility index (Phi) is 5.94. The first-order valence-electron chi connectivity index (χ1n) is 7.41. The molecule has 2 rings (SSSR count). The zero-order chi connectivity index (χ0) is 15.1. The van der Waals surface area contributed by atoms with E-state index >= 15 is 0 Å². The predicted octanol–water partition coefficient (Wildman–Crippen LogP) is 5.44. The first-order chi connectivity index (χ1) is 10.2. The second-order valence-electron chi connectivity index (χ2n) is 5.13. The SMILES string of the molecule is CCCCOc1ccccc1CNc1ccc(C)c(Cl)c1. The fourth-order valence-electron chi connectivity index (χ4n) is 2.02. The number of hydrogen-bond donors (Lipinski definition) is 1. The zero-order valence-corrected chi connectivity index (χ0v) is 13.4. The molecule has 0 spiro atoms.